The van der Waals surface area contributed by atoms with E-state index in [4.69, 9.17) is 4.74 Å². The predicted octanol–water partition coefficient (Wildman–Crippen LogP) is 4.50. The molecule has 214 valence electrons. The summed E-state index contributed by atoms with van der Waals surface area (Å²) in [6, 6.07) is 14.8. The van der Waals surface area contributed by atoms with Gasteiger partial charge in [-0.3, -0.25) is 13.9 Å². The van der Waals surface area contributed by atoms with E-state index < -0.39 is 46.1 Å². The molecular weight excluding hydrogens is 540 g/mol. The van der Waals surface area contributed by atoms with Crippen molar-refractivity contribution in [3.63, 3.8) is 0 Å². The number of benzene rings is 3. The van der Waals surface area contributed by atoms with Gasteiger partial charge >= 0.3 is 0 Å². The number of carbonyl (C=O) groups is 2. The van der Waals surface area contributed by atoms with Gasteiger partial charge in [0.15, 0.2) is 0 Å². The Kier molecular flexibility index (Phi) is 10.6. The minimum absolute atomic E-state index is 0.0624. The summed E-state index contributed by atoms with van der Waals surface area (Å²) < 4.78 is 60.7. The van der Waals surface area contributed by atoms with Gasteiger partial charge in [-0.05, 0) is 79.6 Å². The number of anilines is 1. The van der Waals surface area contributed by atoms with E-state index in [0.717, 1.165) is 29.3 Å². The van der Waals surface area contributed by atoms with Crippen LogP contribution in [0.5, 0.6) is 5.75 Å². The van der Waals surface area contributed by atoms with Gasteiger partial charge in [0, 0.05) is 13.1 Å². The molecule has 0 radical (unpaired) electrons. The highest BCUT2D eigenvalue weighted by Gasteiger charge is 2.32. The summed E-state index contributed by atoms with van der Waals surface area (Å²) in [7, 11) is -2.86. The monoisotopic (exact) mass is 573 g/mol. The lowest BCUT2D eigenvalue weighted by Crippen LogP contribution is -2.51. The number of rotatable bonds is 13. The maximum atomic E-state index is 13.8. The molecule has 0 saturated carbocycles. The molecule has 0 fully saturated rings. The van der Waals surface area contributed by atoms with Gasteiger partial charge < -0.3 is 15.0 Å². The molecule has 2 amide bonds. The molecule has 40 heavy (non-hydrogen) atoms. The quantitative estimate of drug-likeness (QED) is 0.304. The third-order valence-electron chi connectivity index (χ3n) is 6.30. The maximum Gasteiger partial charge on any atom is 0.264 e. The molecule has 8 nitrogen and oxygen atoms in total. The summed E-state index contributed by atoms with van der Waals surface area (Å²) in [4.78, 5) is 27.9. The summed E-state index contributed by atoms with van der Waals surface area (Å²) in [5.41, 5.74) is 0.613. The minimum Gasteiger partial charge on any atom is -0.497 e. The predicted molar refractivity (Wildman–Crippen MR) is 148 cm³/mol. The van der Waals surface area contributed by atoms with Crippen LogP contribution in [0.15, 0.2) is 77.7 Å². The van der Waals surface area contributed by atoms with Gasteiger partial charge in [0.05, 0.1) is 17.7 Å². The second kappa shape index (κ2) is 13.9. The van der Waals surface area contributed by atoms with Crippen LogP contribution in [0.3, 0.4) is 0 Å². The van der Waals surface area contributed by atoms with E-state index in [2.05, 4.69) is 5.32 Å². The molecule has 0 spiro atoms. The van der Waals surface area contributed by atoms with Crippen molar-refractivity contribution in [2.45, 2.75) is 44.2 Å². The van der Waals surface area contributed by atoms with Gasteiger partial charge in [0.2, 0.25) is 11.8 Å². The summed E-state index contributed by atoms with van der Waals surface area (Å²) in [6.45, 7) is 3.21. The zero-order valence-electron chi connectivity index (χ0n) is 22.6. The number of nitrogens with zero attached hydrogens (tertiary/aromatic N) is 2. The number of hydrogen-bond donors (Lipinski definition) is 1. The van der Waals surface area contributed by atoms with Crippen LogP contribution in [0.25, 0.3) is 0 Å². The smallest absolute Gasteiger partial charge is 0.264 e. The number of methoxy groups -OCH3 is 1. The molecule has 0 bridgehead atoms. The maximum absolute atomic E-state index is 13.8. The normalized spacial score (nSPS) is 11.9. The fraction of sp³-hybridized carbons (Fsp3) is 0.310. The lowest BCUT2D eigenvalue weighted by atomic mass is 10.1. The molecule has 0 aliphatic heterocycles. The fourth-order valence-electron chi connectivity index (χ4n) is 3.92. The van der Waals surface area contributed by atoms with Crippen molar-refractivity contribution in [1.82, 2.24) is 10.2 Å². The Morgan fingerprint density at radius 1 is 0.925 bits per heavy atom. The van der Waals surface area contributed by atoms with E-state index in [1.807, 2.05) is 6.92 Å². The third kappa shape index (κ3) is 7.78. The number of carbonyl (C=O) groups excluding carboxylic acids is 2. The summed E-state index contributed by atoms with van der Waals surface area (Å²) in [6.07, 6.45) is 1.62. The number of nitrogens with one attached hydrogen (secondary N) is 1. The van der Waals surface area contributed by atoms with Gasteiger partial charge in [-0.15, -0.1) is 0 Å². The van der Waals surface area contributed by atoms with Crippen LogP contribution >= 0.6 is 0 Å². The third-order valence-corrected chi connectivity index (χ3v) is 8.09. The molecule has 3 aromatic rings. The first-order valence-corrected chi connectivity index (χ1v) is 14.2. The zero-order chi connectivity index (χ0) is 29.3. The number of amides is 2. The van der Waals surface area contributed by atoms with Gasteiger partial charge in [0.25, 0.3) is 10.0 Å². The SMILES string of the molecule is CCCCNC(=O)C(C)N(Cc1ccc(F)cc1)C(=O)CN(c1ccc(F)cc1)S(=O)(=O)c1ccc(OC)cc1. The van der Waals surface area contributed by atoms with Crippen molar-refractivity contribution in [3.05, 3.63) is 90.0 Å². The van der Waals surface area contributed by atoms with Gasteiger partial charge in [-0.2, -0.15) is 0 Å². The molecule has 0 saturated heterocycles. The first-order chi connectivity index (χ1) is 19.1. The van der Waals surface area contributed by atoms with Crippen LogP contribution < -0.4 is 14.4 Å². The van der Waals surface area contributed by atoms with Crippen molar-refractivity contribution in [2.75, 3.05) is 24.5 Å². The van der Waals surface area contributed by atoms with Crippen LogP contribution in [0.2, 0.25) is 0 Å². The van der Waals surface area contributed by atoms with E-state index in [1.165, 1.54) is 72.7 Å². The highest BCUT2D eigenvalue weighted by molar-refractivity contribution is 7.92. The fourth-order valence-corrected chi connectivity index (χ4v) is 5.33. The number of unbranched alkanes of at least 4 members (excludes halogenated alkanes) is 1. The Morgan fingerprint density at radius 2 is 1.50 bits per heavy atom. The number of hydrogen-bond acceptors (Lipinski definition) is 5. The van der Waals surface area contributed by atoms with Crippen LogP contribution in [0, 0.1) is 11.6 Å². The molecule has 1 N–H and O–H groups in total. The minimum atomic E-state index is -4.30. The number of ether oxygens (including phenoxy) is 1. The Morgan fingerprint density at radius 3 is 2.05 bits per heavy atom. The van der Waals surface area contributed by atoms with Crippen molar-refractivity contribution in [2.24, 2.45) is 0 Å². The van der Waals surface area contributed by atoms with Crippen molar-refractivity contribution in [1.29, 1.82) is 0 Å². The number of halogens is 2. The van der Waals surface area contributed by atoms with E-state index >= 15 is 0 Å². The zero-order valence-corrected chi connectivity index (χ0v) is 23.5. The Hall–Kier alpha value is -3.99. The molecular formula is C29H33F2N3O5S. The largest absolute Gasteiger partial charge is 0.497 e. The second-order valence-electron chi connectivity index (χ2n) is 9.13. The summed E-state index contributed by atoms with van der Waals surface area (Å²) in [5, 5.41) is 2.79. The molecule has 1 unspecified atom stereocenters. The molecule has 3 rings (SSSR count). The highest BCUT2D eigenvalue weighted by atomic mass is 32.2. The lowest BCUT2D eigenvalue weighted by Gasteiger charge is -2.32. The average molecular weight is 574 g/mol. The van der Waals surface area contributed by atoms with Gasteiger partial charge in [-0.25, -0.2) is 17.2 Å². The van der Waals surface area contributed by atoms with Crippen molar-refractivity contribution >= 4 is 27.5 Å². The molecule has 0 heterocycles. The second-order valence-corrected chi connectivity index (χ2v) is 11.0. The molecule has 0 aromatic heterocycles. The molecule has 11 heteroatoms. The van der Waals surface area contributed by atoms with E-state index in [-0.39, 0.29) is 17.1 Å². The van der Waals surface area contributed by atoms with Gasteiger partial charge in [0.1, 0.15) is 30.0 Å². The van der Waals surface area contributed by atoms with E-state index in [9.17, 15) is 26.8 Å². The van der Waals surface area contributed by atoms with Gasteiger partial charge in [-0.1, -0.05) is 25.5 Å². The Balaban J connectivity index is 1.99. The van der Waals surface area contributed by atoms with E-state index in [0.29, 0.717) is 17.9 Å². The van der Waals surface area contributed by atoms with Crippen LogP contribution in [0.1, 0.15) is 32.3 Å². The molecule has 0 aliphatic carbocycles. The topological polar surface area (TPSA) is 96.0 Å². The van der Waals surface area contributed by atoms with Crippen LogP contribution in [-0.2, 0) is 26.2 Å². The van der Waals surface area contributed by atoms with E-state index in [1.54, 1.807) is 6.92 Å². The molecule has 3 aromatic carbocycles. The average Bonchev–Trinajstić information content (AvgIpc) is 2.95. The first-order valence-electron chi connectivity index (χ1n) is 12.8. The molecule has 1 atom stereocenters. The van der Waals surface area contributed by atoms with Crippen LogP contribution in [-0.4, -0.2) is 51.4 Å². The summed E-state index contributed by atoms with van der Waals surface area (Å²) >= 11 is 0. The highest BCUT2D eigenvalue weighted by Crippen LogP contribution is 2.26. The van der Waals surface area contributed by atoms with Crippen LogP contribution in [0.4, 0.5) is 14.5 Å². The standard InChI is InChI=1S/C29H33F2N3O5S/c1-4-5-18-32-29(36)21(2)33(19-22-6-8-23(30)9-7-22)28(35)20-34(25-12-10-24(31)11-13-25)40(37,38)27-16-14-26(39-3)15-17-27/h6-17,21H,4-5,18-20H2,1-3H3,(H,32,36). The Labute approximate surface area is 233 Å². The van der Waals surface area contributed by atoms with Crippen molar-refractivity contribution < 1.29 is 31.5 Å². The Bertz CT molecular complexity index is 1380. The lowest BCUT2D eigenvalue weighted by molar-refractivity contribution is -0.139. The molecule has 0 aliphatic rings. The summed E-state index contributed by atoms with van der Waals surface area (Å²) in [5.74, 6) is -1.68. The van der Waals surface area contributed by atoms with Crippen molar-refractivity contribution in [3.8, 4) is 5.75 Å². The first kappa shape index (κ1) is 30.6. The number of sulfonamides is 1.